The zero-order chi connectivity index (χ0) is 5.11. The first-order chi connectivity index (χ1) is 3.39. The fraction of sp³-hybridized carbons (Fsp3) is 0. The number of halogens is 1. The van der Waals surface area contributed by atoms with Gasteiger partial charge in [-0.2, -0.15) is 0 Å². The van der Waals surface area contributed by atoms with Crippen LogP contribution in [0.2, 0.25) is 0 Å². The quantitative estimate of drug-likeness (QED) is 0.512. The molecule has 0 amide bonds. The first-order valence-electron chi connectivity index (χ1n) is 1.93. The third kappa shape index (κ3) is 2.75. The zero-order valence-corrected chi connectivity index (χ0v) is 7.87. The molecule has 0 fully saturated rings. The first-order valence-corrected chi connectivity index (χ1v) is 2.71. The fourth-order valence-electron chi connectivity index (χ4n) is 0.331. The van der Waals surface area contributed by atoms with E-state index in [4.69, 9.17) is 0 Å². The summed E-state index contributed by atoms with van der Waals surface area (Å²) in [6, 6.07) is 5.73. The molecule has 0 aromatic carbocycles. The van der Waals surface area contributed by atoms with E-state index in [1.807, 2.05) is 18.2 Å². The molecule has 0 unspecified atom stereocenters. The van der Waals surface area contributed by atoms with Crippen LogP contribution < -0.4 is 4.17 Å². The van der Waals surface area contributed by atoms with E-state index in [-0.39, 0.29) is 24.0 Å². The van der Waals surface area contributed by atoms with Crippen molar-refractivity contribution in [2.45, 2.75) is 0 Å². The van der Waals surface area contributed by atoms with E-state index in [1.54, 1.807) is 6.20 Å². The molecule has 0 aliphatic rings. The molecule has 0 bridgehead atoms. The molecule has 0 saturated heterocycles. The predicted molar refractivity (Wildman–Crippen MR) is 39.3 cm³/mol. The second kappa shape index (κ2) is 4.42. The van der Waals surface area contributed by atoms with Gasteiger partial charge in [0.1, 0.15) is 0 Å². The van der Waals surface area contributed by atoms with Crippen LogP contribution in [0.25, 0.3) is 0 Å². The van der Waals surface area contributed by atoms with Gasteiger partial charge in [-0.05, 0) is 0 Å². The Bertz CT molecular complexity index is 142. The van der Waals surface area contributed by atoms with Crippen molar-refractivity contribution in [3.8, 4) is 0 Å². The molecule has 3 heteroatoms. The molecule has 0 aliphatic carbocycles. The maximum absolute atomic E-state index is 3.91. The number of hydrogen-bond acceptors (Lipinski definition) is 1. The zero-order valence-electron chi connectivity index (χ0n) is 3.98. The van der Waals surface area contributed by atoms with Gasteiger partial charge < -0.3 is 0 Å². The van der Waals surface area contributed by atoms with E-state index in [2.05, 4.69) is 24.2 Å². The molecule has 0 N–H and O–H groups in total. The van der Waals surface area contributed by atoms with Gasteiger partial charge in [0.15, 0.2) is 0 Å². The standard InChI is InChI=1S/C5H4N.HI.Pd/c1-2-4-6-5-3-1;;/h1-4H;1H;. The summed E-state index contributed by atoms with van der Waals surface area (Å²) >= 11 is 2.95. The Balaban J connectivity index is 0.000000490. The molecule has 1 heterocycles. The van der Waals surface area contributed by atoms with Crippen molar-refractivity contribution < 1.29 is 19.2 Å². The number of pyridine rings is 1. The topological polar surface area (TPSA) is 12.9 Å². The Labute approximate surface area is 76.3 Å². The van der Waals surface area contributed by atoms with Crippen molar-refractivity contribution in [2.75, 3.05) is 0 Å². The van der Waals surface area contributed by atoms with Crippen LogP contribution in [-0.2, 0) is 19.2 Å². The molecule has 0 aliphatic heterocycles. The van der Waals surface area contributed by atoms with E-state index in [9.17, 15) is 0 Å². The summed E-state index contributed by atoms with van der Waals surface area (Å²) in [6.45, 7) is 0. The number of rotatable bonds is 0. The van der Waals surface area contributed by atoms with Crippen LogP contribution in [0.15, 0.2) is 24.4 Å². The summed E-state index contributed by atoms with van der Waals surface area (Å²) in [7, 11) is 0. The van der Waals surface area contributed by atoms with Gasteiger partial charge in [-0.3, -0.25) is 0 Å². The van der Waals surface area contributed by atoms with Crippen molar-refractivity contribution in [3.05, 3.63) is 24.4 Å². The van der Waals surface area contributed by atoms with Crippen LogP contribution in [-0.4, -0.2) is 4.98 Å². The van der Waals surface area contributed by atoms with E-state index in [1.165, 1.54) is 0 Å². The van der Waals surface area contributed by atoms with E-state index >= 15 is 0 Å². The molecule has 1 aromatic rings. The summed E-state index contributed by atoms with van der Waals surface area (Å²) in [4.78, 5) is 3.91. The first kappa shape index (κ1) is 8.54. The van der Waals surface area contributed by atoms with Crippen molar-refractivity contribution in [2.24, 2.45) is 0 Å². The monoisotopic (exact) mass is 312 g/mol. The van der Waals surface area contributed by atoms with Crippen LogP contribution in [0, 0.1) is 0 Å². The number of hydrogen-bond donors (Lipinski definition) is 0. The second-order valence-electron chi connectivity index (χ2n) is 1.12. The molecule has 1 rings (SSSR count). The van der Waals surface area contributed by atoms with E-state index in [0.29, 0.717) is 0 Å². The van der Waals surface area contributed by atoms with Gasteiger partial charge in [0.05, 0.1) is 0 Å². The van der Waals surface area contributed by atoms with Crippen molar-refractivity contribution in [1.29, 1.82) is 0 Å². The summed E-state index contributed by atoms with van der Waals surface area (Å²) in [5.74, 6) is 0. The van der Waals surface area contributed by atoms with Gasteiger partial charge in [0.2, 0.25) is 0 Å². The molecule has 8 heavy (non-hydrogen) atoms. The average molecular weight is 312 g/mol. The van der Waals surface area contributed by atoms with Crippen molar-refractivity contribution in [1.82, 2.24) is 4.98 Å². The predicted octanol–water partition coefficient (Wildman–Crippen LogP) is 0.872. The van der Waals surface area contributed by atoms with Crippen molar-refractivity contribution >= 4 is 28.1 Å². The van der Waals surface area contributed by atoms with Gasteiger partial charge in [0.25, 0.3) is 0 Å². The summed E-state index contributed by atoms with van der Waals surface area (Å²) in [5, 5.41) is 0. The third-order valence-corrected chi connectivity index (χ3v) is 1.07. The minimum absolute atomic E-state index is 0. The average Bonchev–Trinajstić information content (AvgIpc) is 1.69. The Morgan fingerprint density at radius 3 is 2.38 bits per heavy atom. The van der Waals surface area contributed by atoms with E-state index < -0.39 is 0 Å². The molecule has 0 spiro atoms. The van der Waals surface area contributed by atoms with Gasteiger partial charge >= 0.3 is 52.7 Å². The van der Waals surface area contributed by atoms with Crippen LogP contribution >= 0.6 is 24.0 Å². The van der Waals surface area contributed by atoms with Gasteiger partial charge in [-0.1, -0.05) is 0 Å². The molecule has 0 saturated carbocycles. The Hall–Kier alpha value is 0.542. The van der Waals surface area contributed by atoms with Crippen LogP contribution in [0.4, 0.5) is 0 Å². The normalized spacial score (nSPS) is 7.75. The Morgan fingerprint density at radius 2 is 2.12 bits per heavy atom. The summed E-state index contributed by atoms with van der Waals surface area (Å²) in [5.41, 5.74) is 0. The van der Waals surface area contributed by atoms with Crippen LogP contribution in [0.3, 0.4) is 0 Å². The molecule has 0 atom stereocenters. The molecular formula is C5H5INPd. The molecule has 0 radical (unpaired) electrons. The molecule has 47 valence electrons. The molecule has 1 nitrogen and oxygen atoms in total. The van der Waals surface area contributed by atoms with E-state index in [0.717, 1.165) is 4.17 Å². The summed E-state index contributed by atoms with van der Waals surface area (Å²) < 4.78 is 0.922. The van der Waals surface area contributed by atoms with Gasteiger partial charge in [-0.25, -0.2) is 0 Å². The van der Waals surface area contributed by atoms with Crippen molar-refractivity contribution in [3.63, 3.8) is 0 Å². The second-order valence-corrected chi connectivity index (χ2v) is 1.92. The number of aromatic nitrogens is 1. The van der Waals surface area contributed by atoms with Gasteiger partial charge in [0, 0.05) is 0 Å². The van der Waals surface area contributed by atoms with Crippen LogP contribution in [0.1, 0.15) is 0 Å². The Morgan fingerprint density at radius 1 is 1.38 bits per heavy atom. The molecule has 1 aromatic heterocycles. The fourth-order valence-corrected chi connectivity index (χ4v) is 0.597. The maximum atomic E-state index is 3.91. The number of nitrogens with zero attached hydrogens (tertiary/aromatic N) is 1. The third-order valence-electron chi connectivity index (χ3n) is 0.611. The van der Waals surface area contributed by atoms with Crippen LogP contribution in [0.5, 0.6) is 0 Å². The van der Waals surface area contributed by atoms with Gasteiger partial charge in [-0.15, -0.1) is 24.0 Å². The summed E-state index contributed by atoms with van der Waals surface area (Å²) in [6.07, 6.45) is 1.75. The SMILES string of the molecule is I.[Pd][c]1ccccn1. The minimum atomic E-state index is 0. The molecular weight excluding hydrogens is 307 g/mol. The Kier molecular flexibility index (Phi) is 4.72.